The first-order valence-electron chi connectivity index (χ1n) is 6.02. The minimum absolute atomic E-state index is 0.00398. The van der Waals surface area contributed by atoms with Gasteiger partial charge in [-0.05, 0) is 37.1 Å². The van der Waals surface area contributed by atoms with Crippen LogP contribution in [0.3, 0.4) is 0 Å². The van der Waals surface area contributed by atoms with E-state index in [0.29, 0.717) is 19.0 Å². The van der Waals surface area contributed by atoms with E-state index in [4.69, 9.17) is 0 Å². The standard InChI is InChI=1S/C13H18N2O2/c16-12-5-1-3-10(7-12)8-13(17)15-9-11-4-2-6-14-11/h1,3,5,7,11,14,16H,2,4,6,8-9H2,(H,15,17)/t11-/m1/s1. The third kappa shape index (κ3) is 3.75. The quantitative estimate of drug-likeness (QED) is 0.722. The smallest absolute Gasteiger partial charge is 0.224 e. The van der Waals surface area contributed by atoms with Crippen molar-refractivity contribution in [3.63, 3.8) is 0 Å². The summed E-state index contributed by atoms with van der Waals surface area (Å²) in [6, 6.07) is 7.23. The monoisotopic (exact) mass is 234 g/mol. The molecule has 0 saturated carbocycles. The number of nitrogens with one attached hydrogen (secondary N) is 2. The summed E-state index contributed by atoms with van der Waals surface area (Å²) >= 11 is 0. The fraction of sp³-hybridized carbons (Fsp3) is 0.462. The molecule has 1 heterocycles. The van der Waals surface area contributed by atoms with E-state index in [0.717, 1.165) is 18.5 Å². The zero-order valence-electron chi connectivity index (χ0n) is 9.78. The molecule has 0 aliphatic carbocycles. The molecule has 92 valence electrons. The summed E-state index contributed by atoms with van der Waals surface area (Å²) in [7, 11) is 0. The van der Waals surface area contributed by atoms with Gasteiger partial charge in [0.15, 0.2) is 0 Å². The molecule has 1 aromatic rings. The summed E-state index contributed by atoms with van der Waals surface area (Å²) in [6.07, 6.45) is 2.64. The number of carbonyl (C=O) groups is 1. The zero-order valence-corrected chi connectivity index (χ0v) is 9.78. The van der Waals surface area contributed by atoms with Crippen molar-refractivity contribution in [2.45, 2.75) is 25.3 Å². The van der Waals surface area contributed by atoms with E-state index in [1.165, 1.54) is 6.42 Å². The number of hydrogen-bond acceptors (Lipinski definition) is 3. The number of rotatable bonds is 4. The topological polar surface area (TPSA) is 61.4 Å². The van der Waals surface area contributed by atoms with Crippen LogP contribution in [-0.4, -0.2) is 30.1 Å². The van der Waals surface area contributed by atoms with Gasteiger partial charge in [-0.1, -0.05) is 12.1 Å². The van der Waals surface area contributed by atoms with Gasteiger partial charge in [0, 0.05) is 12.6 Å². The Morgan fingerprint density at radius 3 is 3.12 bits per heavy atom. The highest BCUT2D eigenvalue weighted by molar-refractivity contribution is 5.78. The predicted octanol–water partition coefficient (Wildman–Crippen LogP) is 0.803. The van der Waals surface area contributed by atoms with Gasteiger partial charge >= 0.3 is 0 Å². The number of benzene rings is 1. The Bertz CT molecular complexity index is 387. The molecule has 1 amide bonds. The Morgan fingerprint density at radius 1 is 1.53 bits per heavy atom. The average Bonchev–Trinajstić information content (AvgIpc) is 2.79. The third-order valence-corrected chi connectivity index (χ3v) is 2.98. The third-order valence-electron chi connectivity index (χ3n) is 2.98. The second-order valence-electron chi connectivity index (χ2n) is 4.44. The fourth-order valence-electron chi connectivity index (χ4n) is 2.08. The highest BCUT2D eigenvalue weighted by Crippen LogP contribution is 2.11. The fourth-order valence-corrected chi connectivity index (χ4v) is 2.08. The Labute approximate surface area is 101 Å². The van der Waals surface area contributed by atoms with Gasteiger partial charge in [0.25, 0.3) is 0 Å². The minimum Gasteiger partial charge on any atom is -0.508 e. The molecule has 0 radical (unpaired) electrons. The van der Waals surface area contributed by atoms with Gasteiger partial charge in [-0.3, -0.25) is 4.79 Å². The van der Waals surface area contributed by atoms with Crippen molar-refractivity contribution < 1.29 is 9.90 Å². The van der Waals surface area contributed by atoms with E-state index >= 15 is 0 Å². The van der Waals surface area contributed by atoms with Gasteiger partial charge in [-0.2, -0.15) is 0 Å². The van der Waals surface area contributed by atoms with E-state index in [1.807, 2.05) is 6.07 Å². The molecule has 1 aliphatic heterocycles. The maximum atomic E-state index is 11.7. The largest absolute Gasteiger partial charge is 0.508 e. The summed E-state index contributed by atoms with van der Waals surface area (Å²) < 4.78 is 0. The predicted molar refractivity (Wildman–Crippen MR) is 65.8 cm³/mol. The first-order chi connectivity index (χ1) is 8.24. The van der Waals surface area contributed by atoms with Gasteiger partial charge in [-0.25, -0.2) is 0 Å². The molecule has 3 N–H and O–H groups in total. The average molecular weight is 234 g/mol. The molecule has 0 spiro atoms. The van der Waals surface area contributed by atoms with Crippen molar-refractivity contribution in [2.75, 3.05) is 13.1 Å². The molecule has 2 rings (SSSR count). The SMILES string of the molecule is O=C(Cc1cccc(O)c1)NC[C@H]1CCCN1. The molecule has 17 heavy (non-hydrogen) atoms. The van der Waals surface area contributed by atoms with E-state index in [-0.39, 0.29) is 11.7 Å². The number of amides is 1. The van der Waals surface area contributed by atoms with Crippen LogP contribution in [0.1, 0.15) is 18.4 Å². The molecule has 1 aliphatic rings. The van der Waals surface area contributed by atoms with E-state index in [1.54, 1.807) is 18.2 Å². The second kappa shape index (κ2) is 5.68. The van der Waals surface area contributed by atoms with Crippen molar-refractivity contribution in [1.82, 2.24) is 10.6 Å². The lowest BCUT2D eigenvalue weighted by Gasteiger charge is -2.11. The first-order valence-corrected chi connectivity index (χ1v) is 6.02. The molecule has 1 atom stereocenters. The van der Waals surface area contributed by atoms with E-state index in [9.17, 15) is 9.90 Å². The van der Waals surface area contributed by atoms with Gasteiger partial charge in [0.1, 0.15) is 5.75 Å². The van der Waals surface area contributed by atoms with Gasteiger partial charge in [0.2, 0.25) is 5.91 Å². The van der Waals surface area contributed by atoms with E-state index in [2.05, 4.69) is 10.6 Å². The molecule has 4 heteroatoms. The Morgan fingerprint density at radius 2 is 2.41 bits per heavy atom. The maximum Gasteiger partial charge on any atom is 0.224 e. The Balaban J connectivity index is 1.76. The molecule has 0 unspecified atom stereocenters. The van der Waals surface area contributed by atoms with Crippen LogP contribution in [0.4, 0.5) is 0 Å². The van der Waals surface area contributed by atoms with Gasteiger partial charge in [0.05, 0.1) is 6.42 Å². The molecular weight excluding hydrogens is 216 g/mol. The molecule has 1 fully saturated rings. The molecule has 1 saturated heterocycles. The van der Waals surface area contributed by atoms with Crippen molar-refractivity contribution in [1.29, 1.82) is 0 Å². The van der Waals surface area contributed by atoms with Crippen LogP contribution in [-0.2, 0) is 11.2 Å². The molecule has 4 nitrogen and oxygen atoms in total. The molecular formula is C13H18N2O2. The summed E-state index contributed by atoms with van der Waals surface area (Å²) in [5.74, 6) is 0.206. The number of carbonyl (C=O) groups excluding carboxylic acids is 1. The van der Waals surface area contributed by atoms with Crippen LogP contribution in [0.5, 0.6) is 5.75 Å². The number of aromatic hydroxyl groups is 1. The lowest BCUT2D eigenvalue weighted by atomic mass is 10.1. The zero-order chi connectivity index (χ0) is 12.1. The van der Waals surface area contributed by atoms with Gasteiger partial charge in [-0.15, -0.1) is 0 Å². The minimum atomic E-state index is 0.00398. The van der Waals surface area contributed by atoms with Crippen LogP contribution < -0.4 is 10.6 Å². The summed E-state index contributed by atoms with van der Waals surface area (Å²) in [5.41, 5.74) is 0.835. The lowest BCUT2D eigenvalue weighted by Crippen LogP contribution is -2.37. The van der Waals surface area contributed by atoms with Crippen molar-refractivity contribution in [3.05, 3.63) is 29.8 Å². The first kappa shape index (κ1) is 11.9. The molecule has 1 aromatic carbocycles. The van der Waals surface area contributed by atoms with Gasteiger partial charge < -0.3 is 15.7 Å². The highest BCUT2D eigenvalue weighted by atomic mass is 16.3. The molecule has 0 bridgehead atoms. The van der Waals surface area contributed by atoms with Crippen molar-refractivity contribution in [2.24, 2.45) is 0 Å². The lowest BCUT2D eigenvalue weighted by molar-refractivity contribution is -0.120. The number of phenolic OH excluding ortho intramolecular Hbond substituents is 1. The summed E-state index contributed by atoms with van der Waals surface area (Å²) in [5, 5.41) is 15.5. The normalized spacial score (nSPS) is 19.2. The van der Waals surface area contributed by atoms with E-state index < -0.39 is 0 Å². The van der Waals surface area contributed by atoms with Crippen LogP contribution in [0, 0.1) is 0 Å². The maximum absolute atomic E-state index is 11.7. The summed E-state index contributed by atoms with van der Waals surface area (Å²) in [6.45, 7) is 1.74. The van der Waals surface area contributed by atoms with Crippen LogP contribution in [0.15, 0.2) is 24.3 Å². The van der Waals surface area contributed by atoms with Crippen molar-refractivity contribution in [3.8, 4) is 5.75 Å². The number of phenols is 1. The summed E-state index contributed by atoms with van der Waals surface area (Å²) in [4.78, 5) is 11.7. The van der Waals surface area contributed by atoms with Crippen LogP contribution in [0.25, 0.3) is 0 Å². The number of hydrogen-bond donors (Lipinski definition) is 3. The Hall–Kier alpha value is -1.55. The Kier molecular flexibility index (Phi) is 3.98. The highest BCUT2D eigenvalue weighted by Gasteiger charge is 2.14. The van der Waals surface area contributed by atoms with Crippen LogP contribution >= 0.6 is 0 Å². The second-order valence-corrected chi connectivity index (χ2v) is 4.44. The van der Waals surface area contributed by atoms with Crippen molar-refractivity contribution >= 4 is 5.91 Å². The van der Waals surface area contributed by atoms with Crippen LogP contribution in [0.2, 0.25) is 0 Å². The molecule has 0 aromatic heterocycles.